The van der Waals surface area contributed by atoms with E-state index in [0.717, 1.165) is 18.5 Å². The Kier molecular flexibility index (Phi) is 4.74. The second-order valence-electron chi connectivity index (χ2n) is 7.57. The third-order valence-corrected chi connectivity index (χ3v) is 5.31. The van der Waals surface area contributed by atoms with Gasteiger partial charge < -0.3 is 14.0 Å². The fourth-order valence-electron chi connectivity index (χ4n) is 3.47. The molecule has 0 N–H and O–H groups in total. The number of carbonyl (C=O) groups is 1. The van der Waals surface area contributed by atoms with Gasteiger partial charge in [0.2, 0.25) is 5.89 Å². The molecule has 5 rings (SSSR count). The predicted molar refractivity (Wildman–Crippen MR) is 110 cm³/mol. The van der Waals surface area contributed by atoms with Crippen molar-refractivity contribution >= 4 is 17.1 Å². The van der Waals surface area contributed by atoms with Crippen LogP contribution in [0, 0.1) is 0 Å². The summed E-state index contributed by atoms with van der Waals surface area (Å²) in [7, 11) is 0. The summed E-state index contributed by atoms with van der Waals surface area (Å²) < 4.78 is 7.29. The molecule has 1 fully saturated rings. The lowest BCUT2D eigenvalue weighted by Gasteiger charge is -2.18. The monoisotopic (exact) mass is 402 g/mol. The number of hydrogen-bond donors (Lipinski definition) is 0. The Balaban J connectivity index is 1.34. The highest BCUT2D eigenvalue weighted by Gasteiger charge is 2.30. The van der Waals surface area contributed by atoms with E-state index in [2.05, 4.69) is 32.2 Å². The van der Waals surface area contributed by atoms with Gasteiger partial charge in [-0.2, -0.15) is 4.98 Å². The molecule has 1 aliphatic carbocycles. The standard InChI is InChI=1S/C22H22N6O2/c1-2-27(13-19-25-21(30-26-19)16-8-9-16)22(29)17-10-18-20(23-11-17)28(14-24-18)12-15-6-4-3-5-7-15/h3-7,10-11,14,16H,2,8-9,12-13H2,1H3. The van der Waals surface area contributed by atoms with Crippen molar-refractivity contribution in [1.82, 2.24) is 29.6 Å². The smallest absolute Gasteiger partial charge is 0.255 e. The molecule has 0 radical (unpaired) electrons. The number of carbonyl (C=O) groups excluding carboxylic acids is 1. The van der Waals surface area contributed by atoms with Gasteiger partial charge in [0.15, 0.2) is 11.5 Å². The molecule has 1 aliphatic rings. The van der Waals surface area contributed by atoms with E-state index < -0.39 is 0 Å². The van der Waals surface area contributed by atoms with Crippen LogP contribution in [0.2, 0.25) is 0 Å². The van der Waals surface area contributed by atoms with Crippen LogP contribution in [-0.4, -0.2) is 42.0 Å². The van der Waals surface area contributed by atoms with Crippen LogP contribution in [0.15, 0.2) is 53.4 Å². The highest BCUT2D eigenvalue weighted by atomic mass is 16.5. The minimum atomic E-state index is -0.123. The normalized spacial score (nSPS) is 13.6. The lowest BCUT2D eigenvalue weighted by atomic mass is 10.2. The molecule has 3 heterocycles. The first kappa shape index (κ1) is 18.5. The molecule has 4 aromatic rings. The number of nitrogens with zero attached hydrogens (tertiary/aromatic N) is 6. The van der Waals surface area contributed by atoms with E-state index in [1.165, 1.54) is 5.56 Å². The Bertz CT molecular complexity index is 1180. The minimum Gasteiger partial charge on any atom is -0.339 e. The molecular formula is C22H22N6O2. The maximum absolute atomic E-state index is 13.0. The van der Waals surface area contributed by atoms with Crippen molar-refractivity contribution in [2.24, 2.45) is 0 Å². The second kappa shape index (κ2) is 7.70. The van der Waals surface area contributed by atoms with Crippen molar-refractivity contribution in [3.8, 4) is 0 Å². The van der Waals surface area contributed by atoms with Crippen molar-refractivity contribution in [3.63, 3.8) is 0 Å². The Morgan fingerprint density at radius 1 is 1.23 bits per heavy atom. The van der Waals surface area contributed by atoms with Crippen LogP contribution < -0.4 is 0 Å². The summed E-state index contributed by atoms with van der Waals surface area (Å²) in [6.45, 7) is 3.46. The molecule has 8 heteroatoms. The van der Waals surface area contributed by atoms with Crippen LogP contribution in [-0.2, 0) is 13.1 Å². The van der Waals surface area contributed by atoms with Gasteiger partial charge in [0.1, 0.15) is 5.52 Å². The zero-order valence-electron chi connectivity index (χ0n) is 16.7. The highest BCUT2D eigenvalue weighted by Crippen LogP contribution is 2.38. The lowest BCUT2D eigenvalue weighted by Crippen LogP contribution is -2.30. The minimum absolute atomic E-state index is 0.123. The Morgan fingerprint density at radius 2 is 2.07 bits per heavy atom. The van der Waals surface area contributed by atoms with Crippen LogP contribution in [0.5, 0.6) is 0 Å². The number of benzene rings is 1. The zero-order valence-corrected chi connectivity index (χ0v) is 16.7. The number of amides is 1. The molecule has 1 amide bonds. The van der Waals surface area contributed by atoms with Crippen molar-refractivity contribution in [3.05, 3.63) is 71.8 Å². The van der Waals surface area contributed by atoms with Gasteiger partial charge in [-0.25, -0.2) is 9.97 Å². The summed E-state index contributed by atoms with van der Waals surface area (Å²) in [4.78, 5) is 28.1. The summed E-state index contributed by atoms with van der Waals surface area (Å²) in [6.07, 6.45) is 5.57. The van der Waals surface area contributed by atoms with Crippen LogP contribution in [0.25, 0.3) is 11.2 Å². The molecule has 0 unspecified atom stereocenters. The number of pyridine rings is 1. The SMILES string of the molecule is CCN(Cc1noc(C2CC2)n1)C(=O)c1cnc2c(c1)ncn2Cc1ccccc1. The van der Waals surface area contributed by atoms with Crippen molar-refractivity contribution in [2.45, 2.75) is 38.8 Å². The maximum Gasteiger partial charge on any atom is 0.255 e. The fraction of sp³-hybridized carbons (Fsp3) is 0.318. The van der Waals surface area contributed by atoms with Gasteiger partial charge in [-0.3, -0.25) is 4.79 Å². The van der Waals surface area contributed by atoms with E-state index in [1.54, 1.807) is 23.5 Å². The fourth-order valence-corrected chi connectivity index (χ4v) is 3.47. The lowest BCUT2D eigenvalue weighted by molar-refractivity contribution is 0.0747. The van der Waals surface area contributed by atoms with Crippen molar-refractivity contribution in [1.29, 1.82) is 0 Å². The number of imidazole rings is 1. The molecular weight excluding hydrogens is 380 g/mol. The average molecular weight is 402 g/mol. The van der Waals surface area contributed by atoms with Gasteiger partial charge in [0.05, 0.1) is 25.0 Å². The van der Waals surface area contributed by atoms with Crippen molar-refractivity contribution in [2.75, 3.05) is 6.54 Å². The summed E-state index contributed by atoms with van der Waals surface area (Å²) in [5, 5.41) is 4.02. The summed E-state index contributed by atoms with van der Waals surface area (Å²) >= 11 is 0. The van der Waals surface area contributed by atoms with E-state index in [-0.39, 0.29) is 5.91 Å². The van der Waals surface area contributed by atoms with Gasteiger partial charge in [-0.05, 0) is 31.4 Å². The van der Waals surface area contributed by atoms with Gasteiger partial charge in [-0.1, -0.05) is 35.5 Å². The first-order valence-electron chi connectivity index (χ1n) is 10.2. The van der Waals surface area contributed by atoms with E-state index in [1.807, 2.05) is 29.7 Å². The molecule has 0 aliphatic heterocycles. The first-order chi connectivity index (χ1) is 14.7. The van der Waals surface area contributed by atoms with Gasteiger partial charge >= 0.3 is 0 Å². The van der Waals surface area contributed by atoms with Crippen LogP contribution in [0.4, 0.5) is 0 Å². The quantitative estimate of drug-likeness (QED) is 0.471. The third kappa shape index (κ3) is 3.68. The first-order valence-corrected chi connectivity index (χ1v) is 10.2. The Morgan fingerprint density at radius 3 is 2.83 bits per heavy atom. The molecule has 0 atom stereocenters. The van der Waals surface area contributed by atoms with Gasteiger partial charge in [-0.15, -0.1) is 0 Å². The Hall–Kier alpha value is -3.55. The number of hydrogen-bond acceptors (Lipinski definition) is 6. The average Bonchev–Trinajstić information content (AvgIpc) is 3.40. The van der Waals surface area contributed by atoms with Crippen LogP contribution in [0.3, 0.4) is 0 Å². The summed E-state index contributed by atoms with van der Waals surface area (Å²) in [5.41, 5.74) is 3.12. The number of rotatable bonds is 7. The van der Waals surface area contributed by atoms with E-state index in [4.69, 9.17) is 4.52 Å². The van der Waals surface area contributed by atoms with Gasteiger partial charge in [0.25, 0.3) is 5.91 Å². The molecule has 3 aromatic heterocycles. The number of aromatic nitrogens is 5. The second-order valence-corrected chi connectivity index (χ2v) is 7.57. The molecule has 0 saturated heterocycles. The molecule has 0 spiro atoms. The third-order valence-electron chi connectivity index (χ3n) is 5.31. The van der Waals surface area contributed by atoms with Crippen molar-refractivity contribution < 1.29 is 9.32 Å². The number of fused-ring (bicyclic) bond motifs is 1. The Labute approximate surface area is 173 Å². The van der Waals surface area contributed by atoms with Gasteiger partial charge in [0, 0.05) is 18.7 Å². The molecule has 1 saturated carbocycles. The molecule has 1 aromatic carbocycles. The van der Waals surface area contributed by atoms with Crippen LogP contribution in [0.1, 0.15) is 53.3 Å². The predicted octanol–water partition coefficient (Wildman–Crippen LogP) is 3.40. The topological polar surface area (TPSA) is 89.9 Å². The summed E-state index contributed by atoms with van der Waals surface area (Å²) in [5.74, 6) is 1.49. The molecule has 30 heavy (non-hydrogen) atoms. The van der Waals surface area contributed by atoms with E-state index in [0.29, 0.717) is 48.3 Å². The molecule has 0 bridgehead atoms. The van der Waals surface area contributed by atoms with Crippen LogP contribution >= 0.6 is 0 Å². The maximum atomic E-state index is 13.0. The molecule has 152 valence electrons. The van der Waals surface area contributed by atoms with E-state index in [9.17, 15) is 4.79 Å². The zero-order chi connectivity index (χ0) is 20.5. The van der Waals surface area contributed by atoms with E-state index >= 15 is 0 Å². The largest absolute Gasteiger partial charge is 0.339 e. The summed E-state index contributed by atoms with van der Waals surface area (Å²) in [6, 6.07) is 11.9. The highest BCUT2D eigenvalue weighted by molar-refractivity contribution is 5.96. The molecule has 8 nitrogen and oxygen atoms in total.